The van der Waals surface area contributed by atoms with Crippen molar-refractivity contribution in [3.05, 3.63) is 5.69 Å². The number of hydrogen-bond acceptors (Lipinski definition) is 6. The van der Waals surface area contributed by atoms with E-state index in [1.54, 1.807) is 0 Å². The number of rotatable bonds is 7. The fraction of sp³-hybridized carbons (Fsp3) is 0.800. The van der Waals surface area contributed by atoms with E-state index in [9.17, 15) is 0 Å². The fourth-order valence-electron chi connectivity index (χ4n) is 1.51. The predicted octanol–water partition coefficient (Wildman–Crippen LogP) is 1.69. The molecule has 1 rings (SSSR count). The lowest BCUT2D eigenvalue weighted by Gasteiger charge is -2.22. The molecule has 0 saturated carbocycles. The molecule has 0 aromatic carbocycles. The maximum absolute atomic E-state index is 5.40. The van der Waals surface area contributed by atoms with Crippen LogP contribution in [0.4, 0.5) is 5.00 Å². The molecule has 5 nitrogen and oxygen atoms in total. The lowest BCUT2D eigenvalue weighted by Crippen LogP contribution is -2.28. The summed E-state index contributed by atoms with van der Waals surface area (Å²) < 4.78 is 3.90. The molecule has 0 radical (unpaired) electrons. The first-order valence-electron chi connectivity index (χ1n) is 5.71. The number of nitrogen functional groups attached to an aromatic ring is 1. The molecule has 1 atom stereocenters. The second-order valence-corrected chi connectivity index (χ2v) is 4.79. The van der Waals surface area contributed by atoms with Crippen molar-refractivity contribution in [1.29, 1.82) is 0 Å². The molecule has 92 valence electrons. The fourth-order valence-corrected chi connectivity index (χ4v) is 1.99. The van der Waals surface area contributed by atoms with Gasteiger partial charge in [-0.05, 0) is 12.5 Å². The number of nitrogens with one attached hydrogen (secondary N) is 1. The highest BCUT2D eigenvalue weighted by molar-refractivity contribution is 7.10. The maximum atomic E-state index is 5.40. The van der Waals surface area contributed by atoms with E-state index in [1.807, 2.05) is 0 Å². The minimum absolute atomic E-state index is 0.709. The van der Waals surface area contributed by atoms with Gasteiger partial charge in [0.05, 0.1) is 0 Å². The molecule has 1 heterocycles. The van der Waals surface area contributed by atoms with E-state index in [-0.39, 0.29) is 0 Å². The van der Waals surface area contributed by atoms with Gasteiger partial charge < -0.3 is 5.43 Å². The first-order chi connectivity index (χ1) is 7.71. The molecule has 3 N–H and O–H groups in total. The summed E-state index contributed by atoms with van der Waals surface area (Å²) in [6.45, 7) is 9.58. The average molecular weight is 243 g/mol. The zero-order valence-corrected chi connectivity index (χ0v) is 11.0. The van der Waals surface area contributed by atoms with Gasteiger partial charge in [0, 0.05) is 24.6 Å². The topological polar surface area (TPSA) is 67.1 Å². The van der Waals surface area contributed by atoms with Gasteiger partial charge in [-0.1, -0.05) is 31.7 Å². The highest BCUT2D eigenvalue weighted by Crippen LogP contribution is 2.18. The van der Waals surface area contributed by atoms with Crippen LogP contribution < -0.4 is 11.3 Å². The first-order valence-corrected chi connectivity index (χ1v) is 6.48. The predicted molar refractivity (Wildman–Crippen MR) is 68.1 cm³/mol. The zero-order chi connectivity index (χ0) is 12.0. The van der Waals surface area contributed by atoms with Gasteiger partial charge in [-0.3, -0.25) is 4.90 Å². The summed E-state index contributed by atoms with van der Waals surface area (Å²) >= 11 is 1.30. The molecular weight excluding hydrogens is 222 g/mol. The lowest BCUT2D eigenvalue weighted by molar-refractivity contribution is 0.236. The standard InChI is InChI=1S/C10H21N5S/c1-4-8(3)6-15(5-2)7-9-10(12-11)16-14-13-9/h8,12H,4-7,11H2,1-3H3. The second-order valence-electron chi connectivity index (χ2n) is 4.03. The molecule has 0 fully saturated rings. The first kappa shape index (κ1) is 13.3. The van der Waals surface area contributed by atoms with Gasteiger partial charge in [0.2, 0.25) is 0 Å². The van der Waals surface area contributed by atoms with Crippen molar-refractivity contribution < 1.29 is 0 Å². The Kier molecular flexibility index (Phi) is 5.65. The molecule has 6 heteroatoms. The summed E-state index contributed by atoms with van der Waals surface area (Å²) in [6.07, 6.45) is 1.20. The van der Waals surface area contributed by atoms with Gasteiger partial charge in [0.25, 0.3) is 0 Å². The molecular formula is C10H21N5S. The number of anilines is 1. The van der Waals surface area contributed by atoms with Gasteiger partial charge in [0.15, 0.2) is 0 Å². The molecule has 0 saturated heterocycles. The summed E-state index contributed by atoms with van der Waals surface area (Å²) in [4.78, 5) is 2.37. The van der Waals surface area contributed by atoms with Gasteiger partial charge in [0.1, 0.15) is 10.7 Å². The van der Waals surface area contributed by atoms with Crippen molar-refractivity contribution in [2.24, 2.45) is 11.8 Å². The van der Waals surface area contributed by atoms with Gasteiger partial charge in [-0.25, -0.2) is 5.84 Å². The molecule has 16 heavy (non-hydrogen) atoms. The number of aromatic nitrogens is 2. The highest BCUT2D eigenvalue weighted by Gasteiger charge is 2.13. The average Bonchev–Trinajstić information content (AvgIpc) is 2.75. The minimum Gasteiger partial charge on any atom is -0.313 e. The van der Waals surface area contributed by atoms with Crippen LogP contribution in [0.25, 0.3) is 0 Å². The number of hydrogen-bond donors (Lipinski definition) is 2. The van der Waals surface area contributed by atoms with Crippen molar-refractivity contribution >= 4 is 16.5 Å². The molecule has 1 unspecified atom stereocenters. The monoisotopic (exact) mass is 243 g/mol. The summed E-state index contributed by atoms with van der Waals surface area (Å²) in [5.41, 5.74) is 3.58. The molecule has 0 aliphatic rings. The molecule has 0 aliphatic carbocycles. The van der Waals surface area contributed by atoms with Crippen LogP contribution in [0.15, 0.2) is 0 Å². The third kappa shape index (κ3) is 3.70. The molecule has 0 bridgehead atoms. The Balaban J connectivity index is 2.56. The summed E-state index contributed by atoms with van der Waals surface area (Å²) in [5, 5.41) is 4.96. The Morgan fingerprint density at radius 1 is 1.50 bits per heavy atom. The molecule has 0 aliphatic heterocycles. The van der Waals surface area contributed by atoms with Crippen LogP contribution in [-0.4, -0.2) is 27.6 Å². The molecule has 0 spiro atoms. The van der Waals surface area contributed by atoms with Gasteiger partial charge >= 0.3 is 0 Å². The van der Waals surface area contributed by atoms with E-state index in [0.717, 1.165) is 30.3 Å². The molecule has 0 amide bonds. The van der Waals surface area contributed by atoms with E-state index in [0.29, 0.717) is 5.92 Å². The number of hydrazine groups is 1. The van der Waals surface area contributed by atoms with E-state index in [1.165, 1.54) is 18.0 Å². The van der Waals surface area contributed by atoms with Crippen LogP contribution in [0, 0.1) is 5.92 Å². The van der Waals surface area contributed by atoms with Crippen LogP contribution in [0.1, 0.15) is 32.9 Å². The summed E-state index contributed by atoms with van der Waals surface area (Å²) in [7, 11) is 0. The Morgan fingerprint density at radius 3 is 2.81 bits per heavy atom. The Morgan fingerprint density at radius 2 is 2.25 bits per heavy atom. The quantitative estimate of drug-likeness (QED) is 0.563. The van der Waals surface area contributed by atoms with Crippen LogP contribution in [0.2, 0.25) is 0 Å². The minimum atomic E-state index is 0.709. The normalized spacial score (nSPS) is 13.1. The van der Waals surface area contributed by atoms with Crippen LogP contribution in [-0.2, 0) is 6.54 Å². The maximum Gasteiger partial charge on any atom is 0.148 e. The van der Waals surface area contributed by atoms with Crippen LogP contribution in [0.3, 0.4) is 0 Å². The summed E-state index contributed by atoms with van der Waals surface area (Å²) in [5.74, 6) is 6.11. The Hall–Kier alpha value is -0.720. The van der Waals surface area contributed by atoms with Crippen molar-refractivity contribution in [1.82, 2.24) is 14.5 Å². The van der Waals surface area contributed by atoms with E-state index < -0.39 is 0 Å². The van der Waals surface area contributed by atoms with Crippen molar-refractivity contribution in [2.45, 2.75) is 33.7 Å². The van der Waals surface area contributed by atoms with Crippen LogP contribution in [0.5, 0.6) is 0 Å². The Labute approximate surface area is 101 Å². The lowest BCUT2D eigenvalue weighted by atomic mass is 10.1. The number of nitrogens with two attached hydrogens (primary N) is 1. The van der Waals surface area contributed by atoms with Gasteiger partial charge in [-0.15, -0.1) is 5.10 Å². The third-order valence-corrected chi connectivity index (χ3v) is 3.47. The zero-order valence-electron chi connectivity index (χ0n) is 10.2. The van der Waals surface area contributed by atoms with Crippen molar-refractivity contribution in [3.8, 4) is 0 Å². The molecule has 1 aromatic rings. The van der Waals surface area contributed by atoms with Gasteiger partial charge in [-0.2, -0.15) is 0 Å². The second kappa shape index (κ2) is 6.78. The number of nitrogens with zero attached hydrogens (tertiary/aromatic N) is 3. The Bertz CT molecular complexity index is 301. The van der Waals surface area contributed by atoms with E-state index in [2.05, 4.69) is 40.7 Å². The largest absolute Gasteiger partial charge is 0.313 e. The smallest absolute Gasteiger partial charge is 0.148 e. The third-order valence-electron chi connectivity index (χ3n) is 2.77. The van der Waals surface area contributed by atoms with E-state index in [4.69, 9.17) is 5.84 Å². The van der Waals surface area contributed by atoms with Crippen LogP contribution >= 0.6 is 11.5 Å². The molecule has 1 aromatic heterocycles. The highest BCUT2D eigenvalue weighted by atomic mass is 32.1. The van der Waals surface area contributed by atoms with Crippen molar-refractivity contribution in [2.75, 3.05) is 18.5 Å². The summed E-state index contributed by atoms with van der Waals surface area (Å²) in [6, 6.07) is 0. The van der Waals surface area contributed by atoms with Crippen molar-refractivity contribution in [3.63, 3.8) is 0 Å². The SMILES string of the molecule is CCC(C)CN(CC)Cc1nnsc1NN. The van der Waals surface area contributed by atoms with E-state index >= 15 is 0 Å².